The van der Waals surface area contributed by atoms with Crippen LogP contribution in [-0.2, 0) is 9.20 Å². The third kappa shape index (κ3) is 33.7. The van der Waals surface area contributed by atoms with Crippen LogP contribution in [0.5, 0.6) is 0 Å². The summed E-state index contributed by atoms with van der Waals surface area (Å²) in [4.78, 5) is 0. The standard InChI is InChI=1S/4ClH.Fe.Li/h4*1H;;/q;;;;+3;+1/p-4. The second-order valence-electron chi connectivity index (χ2n) is 0.303. The summed E-state index contributed by atoms with van der Waals surface area (Å²) < 4.78 is 0. The van der Waals surface area contributed by atoms with E-state index in [9.17, 15) is 0 Å². The van der Waals surface area contributed by atoms with Crippen LogP contribution in [0.3, 0.4) is 0 Å². The minimum absolute atomic E-state index is 0. The summed E-state index contributed by atoms with van der Waals surface area (Å²) in [7, 11) is 17.2. The van der Waals surface area contributed by atoms with E-state index in [2.05, 4.69) is 0 Å². The van der Waals surface area contributed by atoms with Crippen molar-refractivity contribution in [2.24, 2.45) is 0 Å². The summed E-state index contributed by atoms with van der Waals surface area (Å²) in [5.41, 5.74) is 0. The van der Waals surface area contributed by atoms with E-state index in [1.165, 1.54) is 0 Å². The maximum atomic E-state index is 4.95. The Morgan fingerprint density at radius 1 is 0.833 bits per heavy atom. The first-order chi connectivity index (χ1) is 2.00. The summed E-state index contributed by atoms with van der Waals surface area (Å²) in [6, 6.07) is 0. The Labute approximate surface area is 67.8 Å². The van der Waals surface area contributed by atoms with Crippen molar-refractivity contribution in [3.63, 3.8) is 0 Å². The summed E-state index contributed by atoms with van der Waals surface area (Å²) in [5, 5.41) is 0. The van der Waals surface area contributed by atoms with E-state index in [1.807, 2.05) is 0 Å². The van der Waals surface area contributed by atoms with Crippen molar-refractivity contribution in [2.75, 3.05) is 0 Å². The molecule has 0 aromatic rings. The molecule has 0 rings (SSSR count). The van der Waals surface area contributed by atoms with Gasteiger partial charge >= 0.3 is 68.5 Å². The van der Waals surface area contributed by atoms with Gasteiger partial charge in [-0.1, -0.05) is 0 Å². The maximum Gasteiger partial charge on any atom is 1.00 e. The number of hydrogen-bond acceptors (Lipinski definition) is 0. The van der Waals surface area contributed by atoms with Gasteiger partial charge in [0.05, 0.1) is 0 Å². The Bertz CT molecular complexity index is 23.0. The first kappa shape index (κ1) is 11.1. The topological polar surface area (TPSA) is 0 Å². The van der Waals surface area contributed by atoms with Crippen LogP contribution in [0, 0.1) is 0 Å². The van der Waals surface area contributed by atoms with Gasteiger partial charge in [0.1, 0.15) is 0 Å². The largest absolute Gasteiger partial charge is 1.00 e. The van der Waals surface area contributed by atoms with Gasteiger partial charge in [0.25, 0.3) is 0 Å². The fourth-order valence-corrected chi connectivity index (χ4v) is 0. The van der Waals surface area contributed by atoms with E-state index in [-0.39, 0.29) is 18.9 Å². The van der Waals surface area contributed by atoms with E-state index in [1.54, 1.807) is 0 Å². The quantitative estimate of drug-likeness (QED) is 0.478. The van der Waals surface area contributed by atoms with Crippen molar-refractivity contribution in [3.8, 4) is 0 Å². The maximum absolute atomic E-state index is 4.95. The molecule has 0 fully saturated rings. The van der Waals surface area contributed by atoms with Gasteiger partial charge in [0.2, 0.25) is 0 Å². The molecule has 37 valence electrons. The molecule has 0 bridgehead atoms. The molecule has 0 aromatic heterocycles. The second-order valence-corrected chi connectivity index (χ2v) is 11.2. The fourth-order valence-electron chi connectivity index (χ4n) is 0. The van der Waals surface area contributed by atoms with Crippen LogP contribution >= 0.6 is 40.4 Å². The molecule has 0 atom stereocenters. The average molecular weight is 205 g/mol. The van der Waals surface area contributed by atoms with E-state index in [0.717, 1.165) is 0 Å². The molecule has 6 heavy (non-hydrogen) atoms. The van der Waals surface area contributed by atoms with Crippen LogP contribution in [0.1, 0.15) is 0 Å². The second kappa shape index (κ2) is 4.19. The van der Waals surface area contributed by atoms with Crippen molar-refractivity contribution >= 4 is 40.4 Å². The summed E-state index contributed by atoms with van der Waals surface area (Å²) >= 11 is 0. The zero-order valence-electron chi connectivity index (χ0n) is 2.87. The molecule has 0 aliphatic carbocycles. The summed E-state index contributed by atoms with van der Waals surface area (Å²) in [6.07, 6.45) is 0. The number of halogens is 4. The molecule has 0 nitrogen and oxygen atoms in total. The fraction of sp³-hybridized carbons (Fsp3) is 0. The van der Waals surface area contributed by atoms with Crippen LogP contribution in [0.4, 0.5) is 0 Å². The molecule has 6 heteroatoms. The van der Waals surface area contributed by atoms with Crippen LogP contribution in [0.25, 0.3) is 0 Å². The van der Waals surface area contributed by atoms with E-state index >= 15 is 0 Å². The SMILES string of the molecule is [Cl][Fe-]([Cl])([Cl])[Cl].[Li+]. The van der Waals surface area contributed by atoms with Gasteiger partial charge in [-0.25, -0.2) is 0 Å². The number of rotatable bonds is 0. The van der Waals surface area contributed by atoms with Gasteiger partial charge in [0.15, 0.2) is 0 Å². The predicted octanol–water partition coefficient (Wildman–Crippen LogP) is -0.241. The molecular weight excluding hydrogens is 205 g/mol. The van der Waals surface area contributed by atoms with Crippen molar-refractivity contribution in [1.82, 2.24) is 0 Å². The van der Waals surface area contributed by atoms with Gasteiger partial charge in [-0.15, -0.1) is 0 Å². The molecule has 0 aliphatic rings. The van der Waals surface area contributed by atoms with Gasteiger partial charge in [-0.3, -0.25) is 0 Å². The van der Waals surface area contributed by atoms with Gasteiger partial charge in [0, 0.05) is 0 Å². The smallest absolute Gasteiger partial charge is 1.00 e. The summed E-state index contributed by atoms with van der Waals surface area (Å²) in [6.45, 7) is 0. The van der Waals surface area contributed by atoms with Crippen LogP contribution in [-0.4, -0.2) is 0 Å². The first-order valence-corrected chi connectivity index (χ1v) is 6.61. The van der Waals surface area contributed by atoms with E-state index < -0.39 is 9.20 Å². The van der Waals surface area contributed by atoms with Crippen LogP contribution in [0.2, 0.25) is 0 Å². The molecule has 0 saturated heterocycles. The Kier molecular flexibility index (Phi) is 7.76. The van der Waals surface area contributed by atoms with Gasteiger partial charge in [-0.2, -0.15) is 0 Å². The van der Waals surface area contributed by atoms with Crippen LogP contribution < -0.4 is 18.9 Å². The third-order valence-corrected chi connectivity index (χ3v) is 0. The third-order valence-electron chi connectivity index (χ3n) is 0. The molecule has 0 aliphatic heterocycles. The molecular formula is Cl4FeLi. The average Bonchev–Trinajstić information content (AvgIpc) is 0.722. The summed E-state index contributed by atoms with van der Waals surface area (Å²) in [5.74, 6) is 0. The van der Waals surface area contributed by atoms with Crippen LogP contribution in [0.15, 0.2) is 0 Å². The minimum Gasteiger partial charge on any atom is 1.00 e. The first-order valence-electron chi connectivity index (χ1n) is 0.535. The van der Waals surface area contributed by atoms with Gasteiger partial charge < -0.3 is 0 Å². The zero-order chi connectivity index (χ0) is 4.50. The van der Waals surface area contributed by atoms with E-state index in [0.29, 0.717) is 0 Å². The Hall–Kier alpha value is 2.28. The molecule has 0 saturated carbocycles. The predicted molar refractivity (Wildman–Crippen MR) is 23.4 cm³/mol. The Morgan fingerprint density at radius 2 is 0.833 bits per heavy atom. The molecule has 0 spiro atoms. The molecule has 0 radical (unpaired) electrons. The van der Waals surface area contributed by atoms with Crippen molar-refractivity contribution in [2.45, 2.75) is 0 Å². The molecule has 0 unspecified atom stereocenters. The van der Waals surface area contributed by atoms with Crippen molar-refractivity contribution < 1.29 is 28.1 Å². The Balaban J connectivity index is 0. The van der Waals surface area contributed by atoms with Crippen molar-refractivity contribution in [1.29, 1.82) is 0 Å². The van der Waals surface area contributed by atoms with Crippen molar-refractivity contribution in [3.05, 3.63) is 0 Å². The normalized spacial score (nSPS) is 12.7. The Morgan fingerprint density at radius 3 is 0.833 bits per heavy atom. The number of hydrogen-bond donors (Lipinski definition) is 0. The zero-order valence-corrected chi connectivity index (χ0v) is 6.99. The molecule has 0 heterocycles. The molecule has 0 amide bonds. The molecule has 0 aromatic carbocycles. The minimum atomic E-state index is -2.61. The molecule has 0 N–H and O–H groups in total. The van der Waals surface area contributed by atoms with E-state index in [4.69, 9.17) is 40.4 Å². The van der Waals surface area contributed by atoms with Gasteiger partial charge in [-0.05, 0) is 0 Å². The monoisotopic (exact) mass is 203 g/mol.